The molecule has 8 heteroatoms. The van der Waals surface area contributed by atoms with E-state index in [1.54, 1.807) is 17.0 Å². The summed E-state index contributed by atoms with van der Waals surface area (Å²) in [4.78, 5) is 31.6. The van der Waals surface area contributed by atoms with E-state index in [1.807, 2.05) is 97.3 Å². The minimum atomic E-state index is -0.397. The Morgan fingerprint density at radius 3 is 2.29 bits per heavy atom. The average molecular weight is 523 g/mol. The van der Waals surface area contributed by atoms with Crippen molar-refractivity contribution in [3.05, 3.63) is 134 Å². The molecule has 0 unspecified atom stereocenters. The number of thioether (sulfide) groups is 1. The molecule has 3 aromatic carbocycles. The summed E-state index contributed by atoms with van der Waals surface area (Å²) in [7, 11) is 0. The molecule has 1 aromatic heterocycles. The van der Waals surface area contributed by atoms with Crippen molar-refractivity contribution in [1.82, 2.24) is 9.47 Å². The van der Waals surface area contributed by atoms with Crippen LogP contribution in [0.5, 0.6) is 0 Å². The Morgan fingerprint density at radius 2 is 1.61 bits per heavy atom. The van der Waals surface area contributed by atoms with Crippen molar-refractivity contribution in [2.24, 2.45) is 4.99 Å². The number of nitrogens with zero attached hydrogens (tertiary/aromatic N) is 4. The Balaban J connectivity index is 1.49. The molecular formula is C30H26N4O3S. The molecule has 0 radical (unpaired) electrons. The molecule has 7 nitrogen and oxygen atoms in total. The molecule has 190 valence electrons. The molecule has 0 spiro atoms. The van der Waals surface area contributed by atoms with Gasteiger partial charge in [0, 0.05) is 23.5 Å². The van der Waals surface area contributed by atoms with Gasteiger partial charge in [-0.25, -0.2) is 0 Å². The largest absolute Gasteiger partial charge is 0.318 e. The number of nitro groups is 1. The van der Waals surface area contributed by atoms with Crippen LogP contribution in [-0.2, 0) is 17.9 Å². The lowest BCUT2D eigenvalue weighted by Gasteiger charge is -2.15. The number of aromatic nitrogens is 1. The van der Waals surface area contributed by atoms with Crippen LogP contribution in [0, 0.1) is 24.0 Å². The first-order valence-corrected chi connectivity index (χ1v) is 13.0. The van der Waals surface area contributed by atoms with E-state index in [0.29, 0.717) is 28.8 Å². The number of nitro benzene ring substituents is 1. The fourth-order valence-corrected chi connectivity index (χ4v) is 5.46. The molecule has 1 saturated heterocycles. The van der Waals surface area contributed by atoms with Gasteiger partial charge in [-0.2, -0.15) is 0 Å². The summed E-state index contributed by atoms with van der Waals surface area (Å²) in [5.74, 6) is -0.0918. The second-order valence-corrected chi connectivity index (χ2v) is 10.0. The average Bonchev–Trinajstić information content (AvgIpc) is 3.38. The van der Waals surface area contributed by atoms with E-state index in [4.69, 9.17) is 4.99 Å². The number of hydrogen-bond donors (Lipinski definition) is 0. The third-order valence-corrected chi connectivity index (χ3v) is 7.41. The van der Waals surface area contributed by atoms with Crippen LogP contribution in [-0.4, -0.2) is 25.5 Å². The highest BCUT2D eigenvalue weighted by molar-refractivity contribution is 8.18. The van der Waals surface area contributed by atoms with Crippen molar-refractivity contribution in [3.63, 3.8) is 0 Å². The number of benzene rings is 3. The number of amides is 1. The van der Waals surface area contributed by atoms with Crippen LogP contribution in [0.3, 0.4) is 0 Å². The van der Waals surface area contributed by atoms with Gasteiger partial charge in [0.15, 0.2) is 5.17 Å². The summed E-state index contributed by atoms with van der Waals surface area (Å²) < 4.78 is 1.97. The lowest BCUT2D eigenvalue weighted by molar-refractivity contribution is -0.384. The predicted octanol–water partition coefficient (Wildman–Crippen LogP) is 6.68. The maximum atomic E-state index is 13.6. The molecular weight excluding hydrogens is 496 g/mol. The molecule has 0 bridgehead atoms. The zero-order chi connectivity index (χ0) is 26.6. The fraction of sp³-hybridized carbons (Fsp3) is 0.133. The van der Waals surface area contributed by atoms with E-state index in [1.165, 1.54) is 17.8 Å². The van der Waals surface area contributed by atoms with Crippen LogP contribution in [0.1, 0.15) is 28.1 Å². The zero-order valence-electron chi connectivity index (χ0n) is 21.1. The molecule has 0 aliphatic carbocycles. The maximum absolute atomic E-state index is 13.6. The van der Waals surface area contributed by atoms with E-state index in [-0.39, 0.29) is 11.6 Å². The second kappa shape index (κ2) is 10.9. The van der Waals surface area contributed by atoms with Crippen molar-refractivity contribution < 1.29 is 9.72 Å². The molecule has 1 aliphatic heterocycles. The molecule has 4 aromatic rings. The highest BCUT2D eigenvalue weighted by Gasteiger charge is 2.33. The molecule has 0 saturated carbocycles. The minimum absolute atomic E-state index is 0.0345. The summed E-state index contributed by atoms with van der Waals surface area (Å²) >= 11 is 1.38. The Kier molecular flexibility index (Phi) is 7.24. The summed E-state index contributed by atoms with van der Waals surface area (Å²) in [5, 5.41) is 12.0. The van der Waals surface area contributed by atoms with Crippen LogP contribution >= 0.6 is 11.8 Å². The third-order valence-electron chi connectivity index (χ3n) is 6.37. The van der Waals surface area contributed by atoms with Crippen molar-refractivity contribution in [2.75, 3.05) is 0 Å². The lowest BCUT2D eigenvalue weighted by atomic mass is 10.2. The maximum Gasteiger partial charge on any atom is 0.271 e. The number of carbonyl (C=O) groups is 1. The van der Waals surface area contributed by atoms with Gasteiger partial charge in [0.05, 0.1) is 28.6 Å². The molecule has 2 heterocycles. The Labute approximate surface area is 225 Å². The van der Waals surface area contributed by atoms with Crippen molar-refractivity contribution in [1.29, 1.82) is 0 Å². The lowest BCUT2D eigenvalue weighted by Crippen LogP contribution is -2.28. The van der Waals surface area contributed by atoms with Gasteiger partial charge < -0.3 is 4.57 Å². The van der Waals surface area contributed by atoms with Crippen LogP contribution in [0.4, 0.5) is 5.69 Å². The Morgan fingerprint density at radius 1 is 0.921 bits per heavy atom. The van der Waals surface area contributed by atoms with Gasteiger partial charge >= 0.3 is 0 Å². The topological polar surface area (TPSA) is 80.7 Å². The van der Waals surface area contributed by atoms with E-state index >= 15 is 0 Å². The first-order chi connectivity index (χ1) is 18.4. The van der Waals surface area contributed by atoms with Gasteiger partial charge in [-0.15, -0.1) is 0 Å². The first kappa shape index (κ1) is 25.2. The van der Waals surface area contributed by atoms with Gasteiger partial charge in [-0.1, -0.05) is 66.7 Å². The van der Waals surface area contributed by atoms with Crippen molar-refractivity contribution in [3.8, 4) is 5.69 Å². The van der Waals surface area contributed by atoms with E-state index < -0.39 is 4.92 Å². The van der Waals surface area contributed by atoms with Crippen LogP contribution < -0.4 is 0 Å². The fourth-order valence-electron chi connectivity index (χ4n) is 4.49. The highest BCUT2D eigenvalue weighted by atomic mass is 32.2. The molecule has 1 amide bonds. The van der Waals surface area contributed by atoms with Crippen molar-refractivity contribution in [2.45, 2.75) is 26.9 Å². The Bertz CT molecular complexity index is 1560. The quantitative estimate of drug-likeness (QED) is 0.154. The number of non-ortho nitro benzene ring substituents is 1. The molecule has 5 rings (SSSR count). The predicted molar refractivity (Wildman–Crippen MR) is 152 cm³/mol. The minimum Gasteiger partial charge on any atom is -0.318 e. The molecule has 1 aliphatic rings. The molecule has 38 heavy (non-hydrogen) atoms. The van der Waals surface area contributed by atoms with Gasteiger partial charge in [0.2, 0.25) is 0 Å². The van der Waals surface area contributed by atoms with Gasteiger partial charge in [0.25, 0.3) is 11.6 Å². The smallest absolute Gasteiger partial charge is 0.271 e. The van der Waals surface area contributed by atoms with E-state index in [9.17, 15) is 14.9 Å². The SMILES string of the molecule is Cc1cc(/C=C2\SC(=NCc3ccccc3)N(Cc3ccccc3)C2=O)c(C)n1-c1cccc([N+](=O)[O-])c1. The number of amidine groups is 1. The summed E-state index contributed by atoms with van der Waals surface area (Å²) in [5.41, 5.74) is 5.54. The molecule has 0 atom stereocenters. The van der Waals surface area contributed by atoms with Crippen LogP contribution in [0.2, 0.25) is 0 Å². The van der Waals surface area contributed by atoms with E-state index in [0.717, 1.165) is 28.1 Å². The standard InChI is InChI=1S/C30H26N4O3S/c1-21-16-25(22(2)33(21)26-14-9-15-27(18-26)34(36)37)17-28-29(35)32(20-24-12-7-4-8-13-24)30(38-28)31-19-23-10-5-3-6-11-23/h3-18H,19-20H2,1-2H3/b28-17-,31-30?. The normalized spacial score (nSPS) is 15.5. The molecule has 0 N–H and O–H groups in total. The summed E-state index contributed by atoms with van der Waals surface area (Å²) in [6.07, 6.45) is 1.90. The summed E-state index contributed by atoms with van der Waals surface area (Å²) in [6, 6.07) is 28.4. The van der Waals surface area contributed by atoms with Gasteiger partial charge in [0.1, 0.15) is 0 Å². The number of carbonyl (C=O) groups excluding carboxylic acids is 1. The Hall–Kier alpha value is -4.43. The third kappa shape index (κ3) is 5.31. The van der Waals surface area contributed by atoms with Crippen molar-refractivity contribution >= 4 is 34.6 Å². The van der Waals surface area contributed by atoms with E-state index in [2.05, 4.69) is 0 Å². The summed E-state index contributed by atoms with van der Waals surface area (Å²) in [6.45, 7) is 4.82. The van der Waals surface area contributed by atoms with Gasteiger partial charge in [-0.3, -0.25) is 24.8 Å². The number of aryl methyl sites for hydroxylation is 1. The highest BCUT2D eigenvalue weighted by Crippen LogP contribution is 2.35. The zero-order valence-corrected chi connectivity index (χ0v) is 21.9. The number of aliphatic imine (C=N–C) groups is 1. The van der Waals surface area contributed by atoms with Crippen LogP contribution in [0.15, 0.2) is 101 Å². The first-order valence-electron chi connectivity index (χ1n) is 12.2. The van der Waals surface area contributed by atoms with Crippen LogP contribution in [0.25, 0.3) is 11.8 Å². The second-order valence-electron chi connectivity index (χ2n) is 9.01. The number of hydrogen-bond acceptors (Lipinski definition) is 5. The molecule has 1 fully saturated rings. The van der Waals surface area contributed by atoms with Gasteiger partial charge in [-0.05, 0) is 60.5 Å². The number of rotatable bonds is 7. The monoisotopic (exact) mass is 522 g/mol.